The number of halogens is 1. The summed E-state index contributed by atoms with van der Waals surface area (Å²) in [4.78, 5) is 26.1. The van der Waals surface area contributed by atoms with E-state index in [1.807, 2.05) is 32.0 Å². The Morgan fingerprint density at radius 1 is 1.21 bits per heavy atom. The molecule has 2 amide bonds. The molecule has 0 spiro atoms. The van der Waals surface area contributed by atoms with Crippen molar-refractivity contribution in [3.05, 3.63) is 65.0 Å². The fraction of sp³-hybridized carbons (Fsp3) is 0.263. The Bertz CT molecular complexity index is 830. The van der Waals surface area contributed by atoms with Crippen molar-refractivity contribution in [3.63, 3.8) is 0 Å². The van der Waals surface area contributed by atoms with Gasteiger partial charge in [-0.15, -0.1) is 0 Å². The van der Waals surface area contributed by atoms with E-state index in [9.17, 15) is 14.0 Å². The number of carbonyl (C=O) groups is 2. The molecule has 0 atom stereocenters. The molecule has 0 aliphatic carbocycles. The second-order valence-electron chi connectivity index (χ2n) is 6.53. The van der Waals surface area contributed by atoms with Crippen molar-refractivity contribution in [2.24, 2.45) is 0 Å². The maximum atomic E-state index is 13.2. The monoisotopic (exact) mass is 326 g/mol. The van der Waals surface area contributed by atoms with E-state index in [0.29, 0.717) is 6.54 Å². The van der Waals surface area contributed by atoms with Crippen LogP contribution in [0.25, 0.3) is 0 Å². The summed E-state index contributed by atoms with van der Waals surface area (Å²) in [6.45, 7) is 4.11. The summed E-state index contributed by atoms with van der Waals surface area (Å²) in [6.07, 6.45) is 0. The van der Waals surface area contributed by atoms with Crippen LogP contribution in [0.1, 0.15) is 35.3 Å². The third-order valence-corrected chi connectivity index (χ3v) is 4.47. The second-order valence-corrected chi connectivity index (χ2v) is 6.53. The lowest BCUT2D eigenvalue weighted by atomic mass is 9.85. The minimum absolute atomic E-state index is 0.0541. The van der Waals surface area contributed by atoms with E-state index in [0.717, 1.165) is 16.8 Å². The molecule has 1 aliphatic rings. The molecule has 0 fully saturated rings. The van der Waals surface area contributed by atoms with Crippen LogP contribution in [0.2, 0.25) is 0 Å². The maximum Gasteiger partial charge on any atom is 0.251 e. The first-order chi connectivity index (χ1) is 11.3. The molecule has 0 saturated heterocycles. The molecular weight excluding hydrogens is 307 g/mol. The molecular formula is C19H19FN2O2. The van der Waals surface area contributed by atoms with E-state index in [1.165, 1.54) is 18.2 Å². The normalized spacial score (nSPS) is 15.3. The summed E-state index contributed by atoms with van der Waals surface area (Å²) in [5.41, 5.74) is 2.45. The van der Waals surface area contributed by atoms with E-state index in [2.05, 4.69) is 5.32 Å². The SMILES string of the molecule is CN1C(=O)C(C)(C)c2cc(CNC(=O)c3cccc(F)c3)ccc21. The largest absolute Gasteiger partial charge is 0.348 e. The van der Waals surface area contributed by atoms with Gasteiger partial charge < -0.3 is 10.2 Å². The highest BCUT2D eigenvalue weighted by Crippen LogP contribution is 2.40. The summed E-state index contributed by atoms with van der Waals surface area (Å²) >= 11 is 0. The third-order valence-electron chi connectivity index (χ3n) is 4.47. The Morgan fingerprint density at radius 2 is 1.96 bits per heavy atom. The van der Waals surface area contributed by atoms with Crippen molar-refractivity contribution in [1.29, 1.82) is 0 Å². The van der Waals surface area contributed by atoms with Crippen molar-refractivity contribution in [2.45, 2.75) is 25.8 Å². The number of hydrogen-bond acceptors (Lipinski definition) is 2. The van der Waals surface area contributed by atoms with Gasteiger partial charge >= 0.3 is 0 Å². The highest BCUT2D eigenvalue weighted by molar-refractivity contribution is 6.07. The first-order valence-electron chi connectivity index (χ1n) is 7.76. The van der Waals surface area contributed by atoms with Crippen LogP contribution in [0.4, 0.5) is 10.1 Å². The summed E-state index contributed by atoms with van der Waals surface area (Å²) in [5, 5.41) is 2.78. The fourth-order valence-electron chi connectivity index (χ4n) is 3.04. The molecule has 1 heterocycles. The second kappa shape index (κ2) is 5.74. The molecule has 0 aromatic heterocycles. The zero-order valence-electron chi connectivity index (χ0n) is 13.9. The highest BCUT2D eigenvalue weighted by atomic mass is 19.1. The first-order valence-corrected chi connectivity index (χ1v) is 7.76. The number of likely N-dealkylation sites (N-methyl/N-ethyl adjacent to an activating group) is 1. The Hall–Kier alpha value is -2.69. The minimum Gasteiger partial charge on any atom is -0.348 e. The molecule has 0 radical (unpaired) electrons. The predicted octanol–water partition coefficient (Wildman–Crippen LogP) is 3.01. The summed E-state index contributed by atoms with van der Waals surface area (Å²) in [7, 11) is 1.77. The lowest BCUT2D eigenvalue weighted by Crippen LogP contribution is -2.33. The molecule has 5 heteroatoms. The maximum absolute atomic E-state index is 13.2. The molecule has 1 N–H and O–H groups in total. The molecule has 4 nitrogen and oxygen atoms in total. The predicted molar refractivity (Wildman–Crippen MR) is 90.4 cm³/mol. The number of nitrogens with zero attached hydrogens (tertiary/aromatic N) is 1. The van der Waals surface area contributed by atoms with Crippen LogP contribution in [0.5, 0.6) is 0 Å². The molecule has 0 bridgehead atoms. The van der Waals surface area contributed by atoms with E-state index < -0.39 is 11.2 Å². The number of benzene rings is 2. The van der Waals surface area contributed by atoms with Gasteiger partial charge in [-0.05, 0) is 49.2 Å². The molecule has 3 rings (SSSR count). The van der Waals surface area contributed by atoms with Gasteiger partial charge in [0.25, 0.3) is 5.91 Å². The Balaban J connectivity index is 1.77. The van der Waals surface area contributed by atoms with Crippen LogP contribution < -0.4 is 10.2 Å². The molecule has 1 aliphatic heterocycles. The van der Waals surface area contributed by atoms with Crippen molar-refractivity contribution in [1.82, 2.24) is 5.32 Å². The van der Waals surface area contributed by atoms with E-state index in [1.54, 1.807) is 18.0 Å². The van der Waals surface area contributed by atoms with Gasteiger partial charge in [0.1, 0.15) is 5.82 Å². The Labute approximate surface area is 140 Å². The van der Waals surface area contributed by atoms with Gasteiger partial charge in [0.2, 0.25) is 5.91 Å². The molecule has 0 unspecified atom stereocenters. The quantitative estimate of drug-likeness (QED) is 0.942. The Morgan fingerprint density at radius 3 is 2.67 bits per heavy atom. The van der Waals surface area contributed by atoms with Gasteiger partial charge in [-0.2, -0.15) is 0 Å². The summed E-state index contributed by atoms with van der Waals surface area (Å²) in [5.74, 6) is -0.718. The van der Waals surface area contributed by atoms with Gasteiger partial charge in [-0.1, -0.05) is 18.2 Å². The fourth-order valence-corrected chi connectivity index (χ4v) is 3.04. The van der Waals surface area contributed by atoms with Gasteiger partial charge in [-0.3, -0.25) is 9.59 Å². The molecule has 2 aromatic rings. The lowest BCUT2D eigenvalue weighted by Gasteiger charge is -2.16. The molecule has 24 heavy (non-hydrogen) atoms. The third kappa shape index (κ3) is 2.66. The van der Waals surface area contributed by atoms with E-state index in [4.69, 9.17) is 0 Å². The molecule has 2 aromatic carbocycles. The zero-order chi connectivity index (χ0) is 17.5. The van der Waals surface area contributed by atoms with Crippen molar-refractivity contribution >= 4 is 17.5 Å². The van der Waals surface area contributed by atoms with Gasteiger partial charge in [0, 0.05) is 24.8 Å². The standard InChI is InChI=1S/C19H19FN2O2/c1-19(2)15-9-12(7-8-16(15)22(3)18(19)24)11-21-17(23)13-5-4-6-14(20)10-13/h4-10H,11H2,1-3H3,(H,21,23). The van der Waals surface area contributed by atoms with Crippen molar-refractivity contribution in [2.75, 3.05) is 11.9 Å². The van der Waals surface area contributed by atoms with Crippen LogP contribution in [0.15, 0.2) is 42.5 Å². The van der Waals surface area contributed by atoms with Gasteiger partial charge in [0.15, 0.2) is 0 Å². The topological polar surface area (TPSA) is 49.4 Å². The Kier molecular flexibility index (Phi) is 3.87. The average molecular weight is 326 g/mol. The van der Waals surface area contributed by atoms with E-state index in [-0.39, 0.29) is 17.4 Å². The van der Waals surface area contributed by atoms with E-state index >= 15 is 0 Å². The molecule has 0 saturated carbocycles. The van der Waals surface area contributed by atoms with Crippen LogP contribution in [0, 0.1) is 5.82 Å². The first kappa shape index (κ1) is 16.2. The number of amides is 2. The smallest absolute Gasteiger partial charge is 0.251 e. The summed E-state index contributed by atoms with van der Waals surface area (Å²) < 4.78 is 13.2. The van der Waals surface area contributed by atoms with Crippen molar-refractivity contribution in [3.8, 4) is 0 Å². The van der Waals surface area contributed by atoms with Crippen LogP contribution >= 0.6 is 0 Å². The number of carbonyl (C=O) groups excluding carboxylic acids is 2. The van der Waals surface area contributed by atoms with Crippen molar-refractivity contribution < 1.29 is 14.0 Å². The lowest BCUT2D eigenvalue weighted by molar-refractivity contribution is -0.121. The number of fused-ring (bicyclic) bond motifs is 1. The van der Waals surface area contributed by atoms with Crippen LogP contribution in [-0.4, -0.2) is 18.9 Å². The van der Waals surface area contributed by atoms with Crippen LogP contribution in [0.3, 0.4) is 0 Å². The number of anilines is 1. The van der Waals surface area contributed by atoms with Gasteiger partial charge in [0.05, 0.1) is 5.41 Å². The molecule has 124 valence electrons. The van der Waals surface area contributed by atoms with Crippen LogP contribution in [-0.2, 0) is 16.8 Å². The van der Waals surface area contributed by atoms with Gasteiger partial charge in [-0.25, -0.2) is 4.39 Å². The number of rotatable bonds is 3. The number of nitrogens with one attached hydrogen (secondary N) is 1. The summed E-state index contributed by atoms with van der Waals surface area (Å²) in [6, 6.07) is 11.3. The minimum atomic E-state index is -0.577. The highest BCUT2D eigenvalue weighted by Gasteiger charge is 2.42. The average Bonchev–Trinajstić information content (AvgIpc) is 2.73. The zero-order valence-corrected chi connectivity index (χ0v) is 13.9. The number of hydrogen-bond donors (Lipinski definition) is 1.